The number of aromatic nitrogens is 2. The van der Waals surface area contributed by atoms with E-state index in [9.17, 15) is 0 Å². The average molecular weight is 280 g/mol. The lowest BCUT2D eigenvalue weighted by atomic mass is 10.3. The number of nitrogens with one attached hydrogen (secondary N) is 1. The molecule has 2 aromatic rings. The third-order valence-electron chi connectivity index (χ3n) is 2.28. The Labute approximate surface area is 116 Å². The fourth-order valence-corrected chi connectivity index (χ4v) is 2.18. The maximum atomic E-state index is 5.84. The summed E-state index contributed by atoms with van der Waals surface area (Å²) in [4.78, 5) is 9.74. The minimum absolute atomic E-state index is 0.737. The van der Waals surface area contributed by atoms with Gasteiger partial charge in [-0.15, -0.1) is 0 Å². The first-order chi connectivity index (χ1) is 8.78. The zero-order valence-corrected chi connectivity index (χ0v) is 11.6. The van der Waals surface area contributed by atoms with E-state index in [-0.39, 0.29) is 0 Å². The summed E-state index contributed by atoms with van der Waals surface area (Å²) in [7, 11) is 0. The molecule has 1 N–H and O–H groups in total. The van der Waals surface area contributed by atoms with Crippen molar-refractivity contribution in [2.45, 2.75) is 23.5 Å². The van der Waals surface area contributed by atoms with Gasteiger partial charge in [0.25, 0.3) is 0 Å². The van der Waals surface area contributed by atoms with Crippen LogP contribution < -0.4 is 5.32 Å². The molecule has 0 fully saturated rings. The van der Waals surface area contributed by atoms with Crippen LogP contribution in [-0.4, -0.2) is 16.5 Å². The molecule has 94 valence electrons. The molecule has 0 aliphatic heterocycles. The second kappa shape index (κ2) is 6.73. The molecule has 1 aromatic heterocycles. The Bertz CT molecular complexity index is 485. The molecule has 0 aliphatic carbocycles. The zero-order chi connectivity index (χ0) is 12.8. The van der Waals surface area contributed by atoms with Gasteiger partial charge < -0.3 is 5.32 Å². The summed E-state index contributed by atoms with van der Waals surface area (Å²) >= 11 is 7.36. The number of nitrogens with zero attached hydrogens (tertiary/aromatic N) is 2. The van der Waals surface area contributed by atoms with E-state index in [1.165, 1.54) is 11.8 Å². The van der Waals surface area contributed by atoms with Gasteiger partial charge in [0.1, 0.15) is 0 Å². The third kappa shape index (κ3) is 3.98. The predicted molar refractivity (Wildman–Crippen MR) is 75.0 cm³/mol. The van der Waals surface area contributed by atoms with Crippen LogP contribution in [0.25, 0.3) is 0 Å². The quantitative estimate of drug-likeness (QED) is 0.852. The smallest absolute Gasteiger partial charge is 0.192 e. The maximum Gasteiger partial charge on any atom is 0.192 e. The molecule has 0 bridgehead atoms. The second-order valence-corrected chi connectivity index (χ2v) is 5.19. The van der Waals surface area contributed by atoms with E-state index in [0.29, 0.717) is 0 Å². The molecule has 0 amide bonds. The topological polar surface area (TPSA) is 37.8 Å². The van der Waals surface area contributed by atoms with Crippen molar-refractivity contribution in [2.24, 2.45) is 0 Å². The summed E-state index contributed by atoms with van der Waals surface area (Å²) in [6.07, 6.45) is 3.71. The maximum absolute atomic E-state index is 5.84. The van der Waals surface area contributed by atoms with Gasteiger partial charge in [0, 0.05) is 34.4 Å². The van der Waals surface area contributed by atoms with Crippen molar-refractivity contribution in [2.75, 3.05) is 6.54 Å². The van der Waals surface area contributed by atoms with Gasteiger partial charge in [-0.2, -0.15) is 0 Å². The number of hydrogen-bond acceptors (Lipinski definition) is 4. The fraction of sp³-hybridized carbons (Fsp3) is 0.231. The van der Waals surface area contributed by atoms with Crippen LogP contribution in [0.4, 0.5) is 0 Å². The van der Waals surface area contributed by atoms with Crippen molar-refractivity contribution in [1.29, 1.82) is 0 Å². The van der Waals surface area contributed by atoms with Gasteiger partial charge in [0.2, 0.25) is 0 Å². The number of hydrogen-bond donors (Lipinski definition) is 1. The molecule has 0 unspecified atom stereocenters. The first-order valence-corrected chi connectivity index (χ1v) is 6.92. The van der Waals surface area contributed by atoms with Crippen LogP contribution in [0.2, 0.25) is 5.02 Å². The van der Waals surface area contributed by atoms with E-state index < -0.39 is 0 Å². The molecule has 1 heterocycles. The Morgan fingerprint density at radius 1 is 1.17 bits per heavy atom. The van der Waals surface area contributed by atoms with Crippen LogP contribution in [0.15, 0.2) is 46.7 Å². The second-order valence-electron chi connectivity index (χ2n) is 3.71. The summed E-state index contributed by atoms with van der Waals surface area (Å²) in [5.41, 5.74) is 1.09. The SMILES string of the molecule is CCNCc1cnc(Sc2ccc(Cl)cc2)nc1. The van der Waals surface area contributed by atoms with Crippen LogP contribution >= 0.6 is 23.4 Å². The van der Waals surface area contributed by atoms with Crippen molar-refractivity contribution in [3.8, 4) is 0 Å². The molecule has 1 aromatic carbocycles. The lowest BCUT2D eigenvalue weighted by Crippen LogP contribution is -2.12. The summed E-state index contributed by atoms with van der Waals surface area (Å²) in [5.74, 6) is 0. The van der Waals surface area contributed by atoms with E-state index in [4.69, 9.17) is 11.6 Å². The highest BCUT2D eigenvalue weighted by molar-refractivity contribution is 7.99. The third-order valence-corrected chi connectivity index (χ3v) is 3.44. The predicted octanol–water partition coefficient (Wildman–Crippen LogP) is 3.39. The Balaban J connectivity index is 1.99. The standard InChI is InChI=1S/C13H14ClN3S/c1-2-15-7-10-8-16-13(17-9-10)18-12-5-3-11(14)4-6-12/h3-6,8-9,15H,2,7H2,1H3. The molecule has 0 saturated carbocycles. The molecule has 0 atom stereocenters. The van der Waals surface area contributed by atoms with E-state index >= 15 is 0 Å². The van der Waals surface area contributed by atoms with Crippen LogP contribution in [0.1, 0.15) is 12.5 Å². The van der Waals surface area contributed by atoms with Gasteiger partial charge in [0.05, 0.1) is 0 Å². The van der Waals surface area contributed by atoms with Crippen LogP contribution in [0.3, 0.4) is 0 Å². The Kier molecular flexibility index (Phi) is 4.99. The van der Waals surface area contributed by atoms with Crippen molar-refractivity contribution in [3.05, 3.63) is 47.2 Å². The van der Waals surface area contributed by atoms with Gasteiger partial charge in [-0.25, -0.2) is 9.97 Å². The van der Waals surface area contributed by atoms with Crippen molar-refractivity contribution in [3.63, 3.8) is 0 Å². The van der Waals surface area contributed by atoms with Gasteiger partial charge >= 0.3 is 0 Å². The average Bonchev–Trinajstić information content (AvgIpc) is 2.41. The van der Waals surface area contributed by atoms with Crippen molar-refractivity contribution in [1.82, 2.24) is 15.3 Å². The highest BCUT2D eigenvalue weighted by Crippen LogP contribution is 2.25. The zero-order valence-electron chi connectivity index (χ0n) is 10.1. The van der Waals surface area contributed by atoms with Crippen LogP contribution in [0, 0.1) is 0 Å². The molecular formula is C13H14ClN3S. The molecule has 18 heavy (non-hydrogen) atoms. The number of halogens is 1. The van der Waals surface area contributed by atoms with Crippen molar-refractivity contribution < 1.29 is 0 Å². The molecule has 5 heteroatoms. The van der Waals surface area contributed by atoms with E-state index in [1.807, 2.05) is 36.7 Å². The van der Waals surface area contributed by atoms with E-state index in [2.05, 4.69) is 22.2 Å². The highest BCUT2D eigenvalue weighted by atomic mass is 35.5. The molecule has 0 saturated heterocycles. The normalized spacial score (nSPS) is 10.6. The summed E-state index contributed by atoms with van der Waals surface area (Å²) in [5, 5.41) is 4.72. The molecule has 2 rings (SSSR count). The van der Waals surface area contributed by atoms with E-state index in [0.717, 1.165) is 33.7 Å². The molecule has 0 aliphatic rings. The Morgan fingerprint density at radius 2 is 1.83 bits per heavy atom. The van der Waals surface area contributed by atoms with Crippen LogP contribution in [-0.2, 0) is 6.54 Å². The summed E-state index contributed by atoms with van der Waals surface area (Å²) in [6, 6.07) is 7.65. The lowest BCUT2D eigenvalue weighted by molar-refractivity contribution is 0.716. The van der Waals surface area contributed by atoms with Gasteiger partial charge in [-0.3, -0.25) is 0 Å². The van der Waals surface area contributed by atoms with Gasteiger partial charge in [-0.1, -0.05) is 18.5 Å². The largest absolute Gasteiger partial charge is 0.313 e. The Morgan fingerprint density at radius 3 is 2.44 bits per heavy atom. The first-order valence-electron chi connectivity index (χ1n) is 5.73. The first kappa shape index (κ1) is 13.3. The Hall–Kier alpha value is -1.10. The molecular weight excluding hydrogens is 266 g/mol. The number of benzene rings is 1. The summed E-state index contributed by atoms with van der Waals surface area (Å²) in [6.45, 7) is 3.83. The molecule has 0 radical (unpaired) electrons. The van der Waals surface area contributed by atoms with Gasteiger partial charge in [0.15, 0.2) is 5.16 Å². The highest BCUT2D eigenvalue weighted by Gasteiger charge is 2.01. The van der Waals surface area contributed by atoms with Crippen molar-refractivity contribution >= 4 is 23.4 Å². The minimum atomic E-state index is 0.737. The minimum Gasteiger partial charge on any atom is -0.313 e. The fourth-order valence-electron chi connectivity index (χ4n) is 1.36. The number of rotatable bonds is 5. The van der Waals surface area contributed by atoms with E-state index in [1.54, 1.807) is 0 Å². The van der Waals surface area contributed by atoms with Gasteiger partial charge in [-0.05, 0) is 42.6 Å². The lowest BCUT2D eigenvalue weighted by Gasteiger charge is -2.03. The molecule has 0 spiro atoms. The molecule has 3 nitrogen and oxygen atoms in total. The summed E-state index contributed by atoms with van der Waals surface area (Å²) < 4.78 is 0. The van der Waals surface area contributed by atoms with Crippen LogP contribution in [0.5, 0.6) is 0 Å². The monoisotopic (exact) mass is 279 g/mol.